The first-order chi connectivity index (χ1) is 11.5. The van der Waals surface area contributed by atoms with E-state index in [-0.39, 0.29) is 5.91 Å². The van der Waals surface area contributed by atoms with Crippen LogP contribution < -0.4 is 10.6 Å². The predicted molar refractivity (Wildman–Crippen MR) is 94.0 cm³/mol. The maximum absolute atomic E-state index is 12.5. The van der Waals surface area contributed by atoms with Crippen molar-refractivity contribution < 1.29 is 9.90 Å². The van der Waals surface area contributed by atoms with Crippen LogP contribution in [0.1, 0.15) is 11.1 Å². The summed E-state index contributed by atoms with van der Waals surface area (Å²) in [5, 5.41) is 17.5. The number of carbonyl (C=O) groups is 1. The van der Waals surface area contributed by atoms with Crippen molar-refractivity contribution in [3.8, 4) is 0 Å². The van der Waals surface area contributed by atoms with Crippen LogP contribution in [0.25, 0.3) is 11.4 Å². The van der Waals surface area contributed by atoms with E-state index in [2.05, 4.69) is 10.6 Å². The van der Waals surface area contributed by atoms with Gasteiger partial charge in [0.15, 0.2) is 6.23 Å². The fourth-order valence-electron chi connectivity index (χ4n) is 2.98. The van der Waals surface area contributed by atoms with E-state index < -0.39 is 6.23 Å². The number of hydrogen-bond acceptors (Lipinski definition) is 3. The Kier molecular flexibility index (Phi) is 3.61. The third-order valence-electron chi connectivity index (χ3n) is 4.07. The Hall–Kier alpha value is -2.27. The van der Waals surface area contributed by atoms with Crippen LogP contribution in [0.3, 0.4) is 0 Å². The number of halogens is 2. The van der Waals surface area contributed by atoms with Crippen molar-refractivity contribution in [3.05, 3.63) is 80.8 Å². The Balaban J connectivity index is 1.86. The van der Waals surface area contributed by atoms with Crippen LogP contribution in [0.15, 0.2) is 59.7 Å². The first-order valence-electron chi connectivity index (χ1n) is 7.31. The highest BCUT2D eigenvalue weighted by atomic mass is 35.5. The first-order valence-corrected chi connectivity index (χ1v) is 8.07. The van der Waals surface area contributed by atoms with E-state index in [9.17, 15) is 9.90 Å². The van der Waals surface area contributed by atoms with Gasteiger partial charge < -0.3 is 15.7 Å². The average molecular weight is 359 g/mol. The normalized spacial score (nSPS) is 19.5. The fourth-order valence-corrected chi connectivity index (χ4v) is 3.23. The third kappa shape index (κ3) is 2.40. The molecule has 0 radical (unpaired) electrons. The minimum atomic E-state index is -0.963. The van der Waals surface area contributed by atoms with Gasteiger partial charge in [0, 0.05) is 15.6 Å². The molecule has 4 nitrogen and oxygen atoms in total. The summed E-state index contributed by atoms with van der Waals surface area (Å²) in [6.07, 6.45) is -0.963. The Morgan fingerprint density at radius 1 is 0.833 bits per heavy atom. The molecule has 4 rings (SSSR count). The summed E-state index contributed by atoms with van der Waals surface area (Å²) in [5.41, 5.74) is 3.76. The van der Waals surface area contributed by atoms with Gasteiger partial charge in [0.2, 0.25) is 0 Å². The molecule has 120 valence electrons. The van der Waals surface area contributed by atoms with Crippen LogP contribution in [0.4, 0.5) is 0 Å². The minimum absolute atomic E-state index is 0.246. The van der Waals surface area contributed by atoms with Crippen molar-refractivity contribution in [2.45, 2.75) is 6.23 Å². The minimum Gasteiger partial charge on any atom is -0.369 e. The van der Waals surface area contributed by atoms with Gasteiger partial charge in [-0.05, 0) is 35.4 Å². The van der Waals surface area contributed by atoms with Crippen molar-refractivity contribution in [2.24, 2.45) is 0 Å². The number of nitrogens with one attached hydrogen (secondary N) is 2. The Bertz CT molecular complexity index is 900. The summed E-state index contributed by atoms with van der Waals surface area (Å²) in [5.74, 6) is -0.246. The van der Waals surface area contributed by atoms with Crippen LogP contribution in [0.2, 0.25) is 10.0 Å². The van der Waals surface area contributed by atoms with E-state index in [1.54, 1.807) is 48.5 Å². The quantitative estimate of drug-likeness (QED) is 0.772. The lowest BCUT2D eigenvalue weighted by Crippen LogP contribution is -2.25. The average Bonchev–Trinajstić information content (AvgIpc) is 3.08. The molecular formula is C18H12Cl2N2O2. The number of rotatable bonds is 2. The second-order valence-corrected chi connectivity index (χ2v) is 6.43. The smallest absolute Gasteiger partial charge is 0.258 e. The number of benzene rings is 2. The molecular weight excluding hydrogens is 347 g/mol. The maximum Gasteiger partial charge on any atom is 0.258 e. The molecule has 0 aliphatic carbocycles. The van der Waals surface area contributed by atoms with Crippen LogP contribution >= 0.6 is 23.2 Å². The summed E-state index contributed by atoms with van der Waals surface area (Å²) >= 11 is 11.8. The zero-order valence-electron chi connectivity index (χ0n) is 12.3. The second-order valence-electron chi connectivity index (χ2n) is 5.55. The molecule has 2 aromatic carbocycles. The Morgan fingerprint density at radius 2 is 1.33 bits per heavy atom. The molecule has 1 unspecified atom stereocenters. The van der Waals surface area contributed by atoms with Gasteiger partial charge in [0.1, 0.15) is 0 Å². The van der Waals surface area contributed by atoms with Gasteiger partial charge in [-0.25, -0.2) is 0 Å². The summed E-state index contributed by atoms with van der Waals surface area (Å²) in [6.45, 7) is 0. The molecule has 1 amide bonds. The molecule has 0 bridgehead atoms. The van der Waals surface area contributed by atoms with E-state index in [1.807, 2.05) is 0 Å². The predicted octanol–water partition coefficient (Wildman–Crippen LogP) is 3.17. The van der Waals surface area contributed by atoms with Crippen molar-refractivity contribution in [2.75, 3.05) is 0 Å². The molecule has 0 fully saturated rings. The lowest BCUT2D eigenvalue weighted by Gasteiger charge is -2.12. The molecule has 2 aromatic rings. The molecule has 6 heteroatoms. The Morgan fingerprint density at radius 3 is 1.88 bits per heavy atom. The molecule has 24 heavy (non-hydrogen) atoms. The molecule has 0 aromatic heterocycles. The van der Waals surface area contributed by atoms with E-state index in [4.69, 9.17) is 23.2 Å². The van der Waals surface area contributed by atoms with Crippen molar-refractivity contribution in [1.82, 2.24) is 10.6 Å². The third-order valence-corrected chi connectivity index (χ3v) is 4.58. The van der Waals surface area contributed by atoms with Crippen LogP contribution in [0, 0.1) is 0 Å². The van der Waals surface area contributed by atoms with Crippen LogP contribution in [-0.4, -0.2) is 17.2 Å². The molecule has 2 heterocycles. The molecule has 3 N–H and O–H groups in total. The highest BCUT2D eigenvalue weighted by molar-refractivity contribution is 6.31. The first kappa shape index (κ1) is 15.3. The van der Waals surface area contributed by atoms with Gasteiger partial charge in [-0.15, -0.1) is 0 Å². The van der Waals surface area contributed by atoms with Crippen molar-refractivity contribution in [1.29, 1.82) is 0 Å². The van der Waals surface area contributed by atoms with Gasteiger partial charge in [-0.2, -0.15) is 0 Å². The van der Waals surface area contributed by atoms with Gasteiger partial charge in [0.25, 0.3) is 5.91 Å². The van der Waals surface area contributed by atoms with Gasteiger partial charge in [-0.3, -0.25) is 4.79 Å². The summed E-state index contributed by atoms with van der Waals surface area (Å²) in [4.78, 5) is 12.5. The van der Waals surface area contributed by atoms with Gasteiger partial charge in [0.05, 0.1) is 17.0 Å². The zero-order chi connectivity index (χ0) is 16.8. The van der Waals surface area contributed by atoms with E-state index in [0.717, 1.165) is 11.1 Å². The fraction of sp³-hybridized carbons (Fsp3) is 0.0556. The number of fused-ring (bicyclic) bond motifs is 1. The Labute approximate surface area is 148 Å². The highest BCUT2D eigenvalue weighted by Crippen LogP contribution is 2.39. The molecule has 1 atom stereocenters. The summed E-state index contributed by atoms with van der Waals surface area (Å²) in [7, 11) is 0. The second kappa shape index (κ2) is 5.67. The molecule has 0 saturated carbocycles. The number of hydrogen-bond donors (Lipinski definition) is 3. The number of carbonyl (C=O) groups excluding carboxylic acids is 1. The summed E-state index contributed by atoms with van der Waals surface area (Å²) < 4.78 is 0. The largest absolute Gasteiger partial charge is 0.369 e. The number of aliphatic hydroxyl groups excluding tert-OH is 1. The molecule has 0 saturated heterocycles. The van der Waals surface area contributed by atoms with Gasteiger partial charge in [-0.1, -0.05) is 47.5 Å². The van der Waals surface area contributed by atoms with E-state index >= 15 is 0 Å². The van der Waals surface area contributed by atoms with Crippen LogP contribution in [-0.2, 0) is 4.79 Å². The topological polar surface area (TPSA) is 61.4 Å². The van der Waals surface area contributed by atoms with Crippen molar-refractivity contribution in [3.63, 3.8) is 0 Å². The maximum atomic E-state index is 12.5. The highest BCUT2D eigenvalue weighted by Gasteiger charge is 2.40. The van der Waals surface area contributed by atoms with E-state index in [0.29, 0.717) is 32.6 Å². The summed E-state index contributed by atoms with van der Waals surface area (Å²) in [6, 6.07) is 14.2. The van der Waals surface area contributed by atoms with Crippen molar-refractivity contribution >= 4 is 40.5 Å². The molecule has 2 aliphatic rings. The van der Waals surface area contributed by atoms with E-state index in [1.165, 1.54) is 0 Å². The molecule has 0 spiro atoms. The zero-order valence-corrected chi connectivity index (χ0v) is 13.8. The lowest BCUT2D eigenvalue weighted by molar-refractivity contribution is -0.115. The number of amides is 1. The molecule has 2 aliphatic heterocycles. The van der Waals surface area contributed by atoms with Gasteiger partial charge >= 0.3 is 0 Å². The SMILES string of the molecule is O=C1NC(c2ccc(Cl)cc2)=C2C1=C(c1ccc(Cl)cc1)NC2O. The van der Waals surface area contributed by atoms with Crippen LogP contribution in [0.5, 0.6) is 0 Å². The number of aliphatic hydroxyl groups is 1. The standard InChI is InChI=1S/C18H12Cl2N2O2/c19-11-5-1-9(2-6-11)15-13-14(18(24)21-15)16(22-17(13)23)10-3-7-12(20)8-4-10/h1-8,17,22-23H,(H,21,24). The monoisotopic (exact) mass is 358 g/mol. The lowest BCUT2D eigenvalue weighted by atomic mass is 10.0.